The van der Waals surface area contributed by atoms with E-state index in [4.69, 9.17) is 4.74 Å². The second kappa shape index (κ2) is 6.73. The van der Waals surface area contributed by atoms with Gasteiger partial charge in [-0.15, -0.1) is 0 Å². The van der Waals surface area contributed by atoms with E-state index in [2.05, 4.69) is 10.6 Å². The topological polar surface area (TPSA) is 67.4 Å². The van der Waals surface area contributed by atoms with E-state index in [0.717, 1.165) is 0 Å². The molecule has 0 aliphatic heterocycles. The maximum absolute atomic E-state index is 11.4. The Morgan fingerprint density at radius 2 is 1.61 bits per heavy atom. The molecule has 0 aromatic heterocycles. The SMILES string of the molecule is CC(C)(C)NC(=O)CNCCC(=O)OC(C)(C)C. The molecule has 0 rings (SSSR count). The molecule has 0 saturated carbocycles. The summed E-state index contributed by atoms with van der Waals surface area (Å²) in [7, 11) is 0. The van der Waals surface area contributed by atoms with Gasteiger partial charge in [0.05, 0.1) is 13.0 Å². The molecule has 0 aromatic carbocycles. The third-order valence-corrected chi connectivity index (χ3v) is 1.73. The molecule has 0 aromatic rings. The Hall–Kier alpha value is -1.10. The van der Waals surface area contributed by atoms with Crippen molar-refractivity contribution in [2.75, 3.05) is 13.1 Å². The minimum absolute atomic E-state index is 0.0771. The second-order valence-electron chi connectivity index (χ2n) is 6.31. The highest BCUT2D eigenvalue weighted by Crippen LogP contribution is 2.07. The first-order valence-corrected chi connectivity index (χ1v) is 6.23. The number of esters is 1. The fourth-order valence-electron chi connectivity index (χ4n) is 1.25. The fourth-order valence-corrected chi connectivity index (χ4v) is 1.25. The lowest BCUT2D eigenvalue weighted by atomic mass is 10.1. The third-order valence-electron chi connectivity index (χ3n) is 1.73. The van der Waals surface area contributed by atoms with Crippen LogP contribution in [0.1, 0.15) is 48.0 Å². The lowest BCUT2D eigenvalue weighted by Gasteiger charge is -2.21. The van der Waals surface area contributed by atoms with Crippen molar-refractivity contribution in [2.24, 2.45) is 0 Å². The first kappa shape index (κ1) is 16.9. The summed E-state index contributed by atoms with van der Waals surface area (Å²) in [4.78, 5) is 22.8. The van der Waals surface area contributed by atoms with Crippen LogP contribution in [-0.4, -0.2) is 36.1 Å². The molecule has 1 amide bonds. The Morgan fingerprint density at radius 1 is 1.06 bits per heavy atom. The van der Waals surface area contributed by atoms with Crippen LogP contribution in [0.4, 0.5) is 0 Å². The van der Waals surface area contributed by atoms with Gasteiger partial charge in [-0.2, -0.15) is 0 Å². The van der Waals surface area contributed by atoms with E-state index in [-0.39, 0.29) is 30.4 Å². The summed E-state index contributed by atoms with van der Waals surface area (Å²) < 4.78 is 5.15. The van der Waals surface area contributed by atoms with Gasteiger partial charge in [0.15, 0.2) is 0 Å². The molecule has 0 fully saturated rings. The molecule has 2 N–H and O–H groups in total. The lowest BCUT2D eigenvalue weighted by molar-refractivity contribution is -0.154. The van der Waals surface area contributed by atoms with E-state index >= 15 is 0 Å². The van der Waals surface area contributed by atoms with Crippen LogP contribution < -0.4 is 10.6 Å². The van der Waals surface area contributed by atoms with Crippen LogP contribution in [0.15, 0.2) is 0 Å². The van der Waals surface area contributed by atoms with E-state index < -0.39 is 5.60 Å². The van der Waals surface area contributed by atoms with Crippen LogP contribution in [0.5, 0.6) is 0 Å². The predicted octanol–water partition coefficient (Wildman–Crippen LogP) is 1.22. The van der Waals surface area contributed by atoms with Gasteiger partial charge >= 0.3 is 5.97 Å². The van der Waals surface area contributed by atoms with Gasteiger partial charge in [-0.1, -0.05) is 0 Å². The standard InChI is InChI=1S/C13H26N2O3/c1-12(2,3)15-10(16)9-14-8-7-11(17)18-13(4,5)6/h14H,7-9H2,1-6H3,(H,15,16). The van der Waals surface area contributed by atoms with E-state index in [0.29, 0.717) is 6.54 Å². The highest BCUT2D eigenvalue weighted by atomic mass is 16.6. The lowest BCUT2D eigenvalue weighted by Crippen LogP contribution is -2.45. The Balaban J connectivity index is 3.69. The summed E-state index contributed by atoms with van der Waals surface area (Å²) in [6.07, 6.45) is 0.264. The van der Waals surface area contributed by atoms with Gasteiger partial charge in [0, 0.05) is 12.1 Å². The molecule has 0 aliphatic carbocycles. The summed E-state index contributed by atoms with van der Waals surface area (Å²) in [5, 5.41) is 5.74. The van der Waals surface area contributed by atoms with Crippen molar-refractivity contribution in [3.05, 3.63) is 0 Å². The Kier molecular flexibility index (Phi) is 6.32. The molecule has 0 aliphatic rings. The van der Waals surface area contributed by atoms with Crippen molar-refractivity contribution in [3.63, 3.8) is 0 Å². The highest BCUT2D eigenvalue weighted by molar-refractivity contribution is 5.78. The van der Waals surface area contributed by atoms with Gasteiger partial charge in [0.25, 0.3) is 0 Å². The average Bonchev–Trinajstić information content (AvgIpc) is 2.06. The molecule has 0 bridgehead atoms. The Bertz CT molecular complexity index is 258. The number of amides is 1. The quantitative estimate of drug-likeness (QED) is 0.575. The van der Waals surface area contributed by atoms with Gasteiger partial charge in [-0.3, -0.25) is 9.59 Å². The van der Waals surface area contributed by atoms with Crippen LogP contribution in [0.25, 0.3) is 0 Å². The Labute approximate surface area is 110 Å². The second-order valence-corrected chi connectivity index (χ2v) is 6.31. The van der Waals surface area contributed by atoms with Crippen molar-refractivity contribution >= 4 is 11.9 Å². The molecule has 0 unspecified atom stereocenters. The van der Waals surface area contributed by atoms with E-state index in [9.17, 15) is 9.59 Å². The van der Waals surface area contributed by atoms with Crippen LogP contribution in [0.2, 0.25) is 0 Å². The zero-order valence-electron chi connectivity index (χ0n) is 12.3. The van der Waals surface area contributed by atoms with Crippen LogP contribution in [0, 0.1) is 0 Å². The van der Waals surface area contributed by atoms with Crippen LogP contribution >= 0.6 is 0 Å². The van der Waals surface area contributed by atoms with Crippen molar-refractivity contribution < 1.29 is 14.3 Å². The van der Waals surface area contributed by atoms with Crippen molar-refractivity contribution in [1.82, 2.24) is 10.6 Å². The molecule has 0 heterocycles. The normalized spacial score (nSPS) is 12.1. The molecular formula is C13H26N2O3. The van der Waals surface area contributed by atoms with Gasteiger partial charge in [0.2, 0.25) is 5.91 Å². The molecule has 0 saturated heterocycles. The molecule has 106 valence electrons. The van der Waals surface area contributed by atoms with Gasteiger partial charge in [0.1, 0.15) is 5.60 Å². The van der Waals surface area contributed by atoms with Crippen LogP contribution in [0.3, 0.4) is 0 Å². The van der Waals surface area contributed by atoms with Gasteiger partial charge < -0.3 is 15.4 Å². The maximum Gasteiger partial charge on any atom is 0.307 e. The number of ether oxygens (including phenoxy) is 1. The number of hydrogen-bond acceptors (Lipinski definition) is 4. The van der Waals surface area contributed by atoms with Crippen molar-refractivity contribution in [1.29, 1.82) is 0 Å². The van der Waals surface area contributed by atoms with Crippen molar-refractivity contribution in [3.8, 4) is 0 Å². The zero-order valence-corrected chi connectivity index (χ0v) is 12.3. The van der Waals surface area contributed by atoms with Crippen molar-refractivity contribution in [2.45, 2.75) is 59.1 Å². The fraction of sp³-hybridized carbons (Fsp3) is 0.846. The maximum atomic E-state index is 11.4. The minimum Gasteiger partial charge on any atom is -0.460 e. The van der Waals surface area contributed by atoms with Crippen LogP contribution in [-0.2, 0) is 14.3 Å². The average molecular weight is 258 g/mol. The summed E-state index contributed by atoms with van der Waals surface area (Å²) in [5.74, 6) is -0.335. The summed E-state index contributed by atoms with van der Waals surface area (Å²) in [6.45, 7) is 11.9. The largest absolute Gasteiger partial charge is 0.460 e. The first-order valence-electron chi connectivity index (χ1n) is 6.23. The van der Waals surface area contributed by atoms with Gasteiger partial charge in [-0.25, -0.2) is 0 Å². The number of nitrogens with one attached hydrogen (secondary N) is 2. The Morgan fingerprint density at radius 3 is 2.06 bits per heavy atom. The minimum atomic E-state index is -0.458. The summed E-state index contributed by atoms with van der Waals surface area (Å²) >= 11 is 0. The first-order chi connectivity index (χ1) is 7.99. The number of carbonyl (C=O) groups is 2. The predicted molar refractivity (Wildman–Crippen MR) is 71.2 cm³/mol. The molecule has 5 heteroatoms. The molecular weight excluding hydrogens is 232 g/mol. The number of carbonyl (C=O) groups excluding carboxylic acids is 2. The third kappa shape index (κ3) is 11.4. The number of rotatable bonds is 5. The molecule has 5 nitrogen and oxygen atoms in total. The molecule has 0 radical (unpaired) electrons. The number of hydrogen-bond donors (Lipinski definition) is 2. The summed E-state index contributed by atoms with van der Waals surface area (Å²) in [5.41, 5.74) is -0.690. The van der Waals surface area contributed by atoms with E-state index in [1.54, 1.807) is 0 Å². The zero-order chi connectivity index (χ0) is 14.4. The van der Waals surface area contributed by atoms with E-state index in [1.807, 2.05) is 41.5 Å². The molecule has 0 atom stereocenters. The smallest absolute Gasteiger partial charge is 0.307 e. The monoisotopic (exact) mass is 258 g/mol. The summed E-state index contributed by atoms with van der Waals surface area (Å²) in [6, 6.07) is 0. The molecule has 0 spiro atoms. The highest BCUT2D eigenvalue weighted by Gasteiger charge is 2.16. The molecule has 18 heavy (non-hydrogen) atoms. The van der Waals surface area contributed by atoms with Gasteiger partial charge in [-0.05, 0) is 41.5 Å². The van der Waals surface area contributed by atoms with E-state index in [1.165, 1.54) is 0 Å².